The summed E-state index contributed by atoms with van der Waals surface area (Å²) in [7, 11) is 0. The highest BCUT2D eigenvalue weighted by Gasteiger charge is 2.44. The van der Waals surface area contributed by atoms with Crippen LogP contribution in [0.25, 0.3) is 0 Å². The smallest absolute Gasteiger partial charge is 0.339 e. The van der Waals surface area contributed by atoms with Crippen molar-refractivity contribution in [2.75, 3.05) is 19.8 Å². The van der Waals surface area contributed by atoms with E-state index in [1.54, 1.807) is 37.3 Å². The van der Waals surface area contributed by atoms with Gasteiger partial charge in [0.2, 0.25) is 5.60 Å². The van der Waals surface area contributed by atoms with Crippen LogP contribution in [0.5, 0.6) is 0 Å². The fourth-order valence-corrected chi connectivity index (χ4v) is 3.85. The fourth-order valence-electron chi connectivity index (χ4n) is 3.85. The van der Waals surface area contributed by atoms with Gasteiger partial charge < -0.3 is 19.5 Å². The molecule has 206 valence electrons. The average Bonchev–Trinajstić information content (AvgIpc) is 2.94. The van der Waals surface area contributed by atoms with Gasteiger partial charge in [0, 0.05) is 12.8 Å². The maximum Gasteiger partial charge on any atom is 0.339 e. The molecular weight excluding hydrogens is 486 g/mol. The highest BCUT2D eigenvalue weighted by Crippen LogP contribution is 2.24. The average molecular weight is 526 g/mol. The van der Waals surface area contributed by atoms with Gasteiger partial charge in [-0.15, -0.1) is 0 Å². The van der Waals surface area contributed by atoms with Crippen molar-refractivity contribution in [2.24, 2.45) is 0 Å². The van der Waals surface area contributed by atoms with Gasteiger partial charge in [-0.3, -0.25) is 14.4 Å². The number of carbonyl (C=O) groups excluding carboxylic acids is 4. The predicted octanol–water partition coefficient (Wildman–Crippen LogP) is 4.80. The normalized spacial score (nSPS) is 12.2. The molecule has 0 fully saturated rings. The summed E-state index contributed by atoms with van der Waals surface area (Å²) in [5, 5.41) is 2.51. The Labute approximate surface area is 225 Å². The van der Waals surface area contributed by atoms with Crippen molar-refractivity contribution in [3.05, 3.63) is 71.8 Å². The molecule has 1 unspecified atom stereocenters. The van der Waals surface area contributed by atoms with E-state index in [0.717, 1.165) is 31.2 Å². The molecule has 1 N–H and O–H groups in total. The first-order valence-corrected chi connectivity index (χ1v) is 13.3. The molecule has 0 radical (unpaired) electrons. The fraction of sp³-hybridized carbons (Fsp3) is 0.467. The van der Waals surface area contributed by atoms with Crippen LogP contribution in [0, 0.1) is 0 Å². The second-order valence-corrected chi connectivity index (χ2v) is 9.05. The maximum atomic E-state index is 13.5. The van der Waals surface area contributed by atoms with Crippen molar-refractivity contribution in [1.29, 1.82) is 0 Å². The lowest BCUT2D eigenvalue weighted by Gasteiger charge is -2.32. The van der Waals surface area contributed by atoms with Crippen molar-refractivity contribution in [1.82, 2.24) is 5.32 Å². The van der Waals surface area contributed by atoms with Crippen LogP contribution in [0.15, 0.2) is 60.7 Å². The molecule has 0 aliphatic rings. The Morgan fingerprint density at radius 1 is 0.789 bits per heavy atom. The molecule has 2 aromatic carbocycles. The van der Waals surface area contributed by atoms with Gasteiger partial charge in [-0.1, -0.05) is 81.1 Å². The van der Waals surface area contributed by atoms with Crippen LogP contribution in [-0.4, -0.2) is 49.2 Å². The lowest BCUT2D eigenvalue weighted by atomic mass is 9.93. The number of hydrogen-bond acceptors (Lipinski definition) is 7. The van der Waals surface area contributed by atoms with E-state index in [2.05, 4.69) is 12.2 Å². The summed E-state index contributed by atoms with van der Waals surface area (Å²) in [5.41, 5.74) is -0.697. The third-order valence-corrected chi connectivity index (χ3v) is 6.02. The monoisotopic (exact) mass is 525 g/mol. The Hall–Kier alpha value is -3.68. The molecule has 1 amide bonds. The lowest BCUT2D eigenvalue weighted by Crippen LogP contribution is -2.55. The number of rotatable bonds is 17. The summed E-state index contributed by atoms with van der Waals surface area (Å²) in [6, 6.07) is 17.7. The number of aryl methyl sites for hydroxylation is 1. The van der Waals surface area contributed by atoms with Crippen molar-refractivity contribution in [3.8, 4) is 0 Å². The van der Waals surface area contributed by atoms with Crippen molar-refractivity contribution >= 4 is 23.8 Å². The van der Waals surface area contributed by atoms with Gasteiger partial charge in [-0.2, -0.15) is 0 Å². The molecule has 0 saturated carbocycles. The number of unbranched alkanes of at least 4 members (excludes halogenated alkanes) is 4. The van der Waals surface area contributed by atoms with E-state index in [4.69, 9.17) is 14.2 Å². The third-order valence-electron chi connectivity index (χ3n) is 6.02. The highest BCUT2D eigenvalue weighted by molar-refractivity contribution is 5.95. The summed E-state index contributed by atoms with van der Waals surface area (Å²) in [4.78, 5) is 51.1. The number of carbonyl (C=O) groups is 4. The van der Waals surface area contributed by atoms with Gasteiger partial charge in [0.05, 0.1) is 12.2 Å². The number of benzene rings is 2. The molecule has 0 spiro atoms. The zero-order chi connectivity index (χ0) is 27.6. The standard InChI is InChI=1S/C30H39NO7/c1-3-5-6-7-14-19-26(32)37-23-30(21-20-24-15-10-8-11-16-24,29(35)31-22-27(33)36-4-2)38-28(34)25-17-12-9-13-18-25/h8-13,15-18H,3-7,14,19-23H2,1-2H3,(H,31,35). The van der Waals surface area contributed by atoms with Crippen molar-refractivity contribution < 1.29 is 33.4 Å². The third kappa shape index (κ3) is 10.7. The zero-order valence-corrected chi connectivity index (χ0v) is 22.4. The predicted molar refractivity (Wildman–Crippen MR) is 143 cm³/mol. The summed E-state index contributed by atoms with van der Waals surface area (Å²) in [5.74, 6) is -2.57. The quantitative estimate of drug-likeness (QED) is 0.180. The first-order chi connectivity index (χ1) is 18.4. The molecule has 1 atom stereocenters. The van der Waals surface area contributed by atoms with Crippen molar-refractivity contribution in [2.45, 2.75) is 70.8 Å². The molecule has 0 aromatic heterocycles. The van der Waals surface area contributed by atoms with Crippen molar-refractivity contribution in [3.63, 3.8) is 0 Å². The number of esters is 3. The summed E-state index contributed by atoms with van der Waals surface area (Å²) in [6.45, 7) is 3.06. The molecule has 0 aliphatic heterocycles. The number of nitrogens with one attached hydrogen (secondary N) is 1. The van der Waals surface area contributed by atoms with Gasteiger partial charge in [0.1, 0.15) is 13.2 Å². The molecule has 8 nitrogen and oxygen atoms in total. The van der Waals surface area contributed by atoms with E-state index in [0.29, 0.717) is 12.8 Å². The molecule has 2 rings (SSSR count). The first kappa shape index (κ1) is 30.5. The minimum atomic E-state index is -1.85. The number of ether oxygens (including phenoxy) is 3. The van der Waals surface area contributed by atoms with Crippen LogP contribution >= 0.6 is 0 Å². The Balaban J connectivity index is 2.26. The molecular formula is C30H39NO7. The van der Waals surface area contributed by atoms with Gasteiger partial charge in [0.15, 0.2) is 0 Å². The van der Waals surface area contributed by atoms with Crippen LogP contribution < -0.4 is 5.32 Å². The number of amides is 1. The van der Waals surface area contributed by atoms with E-state index in [1.165, 1.54) is 0 Å². The van der Waals surface area contributed by atoms with Gasteiger partial charge in [-0.05, 0) is 37.5 Å². The van der Waals surface area contributed by atoms with E-state index in [-0.39, 0.29) is 25.0 Å². The van der Waals surface area contributed by atoms with E-state index < -0.39 is 42.6 Å². The molecule has 8 heteroatoms. The topological polar surface area (TPSA) is 108 Å². The van der Waals surface area contributed by atoms with Crippen LogP contribution in [0.1, 0.15) is 74.7 Å². The van der Waals surface area contributed by atoms with E-state index in [1.807, 2.05) is 30.3 Å². The SMILES string of the molecule is CCCCCCCC(=O)OCC(CCc1ccccc1)(OC(=O)c1ccccc1)C(=O)NCC(=O)OCC. The highest BCUT2D eigenvalue weighted by atomic mass is 16.6. The summed E-state index contributed by atoms with van der Waals surface area (Å²) >= 11 is 0. The molecule has 0 aliphatic carbocycles. The largest absolute Gasteiger partial charge is 0.465 e. The Morgan fingerprint density at radius 3 is 2.11 bits per heavy atom. The minimum absolute atomic E-state index is 0.0357. The van der Waals surface area contributed by atoms with Crippen LogP contribution in [0.4, 0.5) is 0 Å². The van der Waals surface area contributed by atoms with Gasteiger partial charge in [-0.25, -0.2) is 4.79 Å². The van der Waals surface area contributed by atoms with Crippen LogP contribution in [0.2, 0.25) is 0 Å². The minimum Gasteiger partial charge on any atom is -0.465 e. The maximum absolute atomic E-state index is 13.5. The molecule has 0 heterocycles. The number of hydrogen-bond donors (Lipinski definition) is 1. The summed E-state index contributed by atoms with van der Waals surface area (Å²) < 4.78 is 16.3. The Bertz CT molecular complexity index is 1010. The molecule has 38 heavy (non-hydrogen) atoms. The second-order valence-electron chi connectivity index (χ2n) is 9.05. The van der Waals surface area contributed by atoms with Gasteiger partial charge in [0.25, 0.3) is 5.91 Å². The molecule has 2 aromatic rings. The van der Waals surface area contributed by atoms with Gasteiger partial charge >= 0.3 is 17.9 Å². The summed E-state index contributed by atoms with van der Waals surface area (Å²) in [6.07, 6.45) is 5.43. The van der Waals surface area contributed by atoms with Crippen LogP contribution in [-0.2, 0) is 35.0 Å². The van der Waals surface area contributed by atoms with Crippen LogP contribution in [0.3, 0.4) is 0 Å². The Morgan fingerprint density at radius 2 is 1.45 bits per heavy atom. The Kier molecular flexibility index (Phi) is 13.6. The zero-order valence-electron chi connectivity index (χ0n) is 22.4. The van der Waals surface area contributed by atoms with E-state index in [9.17, 15) is 19.2 Å². The first-order valence-electron chi connectivity index (χ1n) is 13.3. The molecule has 0 saturated heterocycles. The second kappa shape index (κ2) is 16.9. The molecule has 0 bridgehead atoms. The lowest BCUT2D eigenvalue weighted by molar-refractivity contribution is -0.161. The van der Waals surface area contributed by atoms with E-state index >= 15 is 0 Å².